The Balaban J connectivity index is 1.69. The Morgan fingerprint density at radius 2 is 2.14 bits per heavy atom. The minimum Gasteiger partial charge on any atom is -0.405 e. The maximum atomic E-state index is 10.6. The lowest BCUT2D eigenvalue weighted by Crippen LogP contribution is -2.45. The summed E-state index contributed by atoms with van der Waals surface area (Å²) in [5.41, 5.74) is 8.49. The SMILES string of the molecule is N/C=C1\C2CC3CC(C2)C(c2cccc(O[N+](=O)[O-])c2)C1C3. The van der Waals surface area contributed by atoms with Crippen molar-refractivity contribution >= 4 is 0 Å². The molecule has 1 aromatic carbocycles. The standard InChI is InChI=1S/C17H20N2O3/c18-9-16-12-4-10-5-13(7-12)17(15(16)6-10)11-2-1-3-14(8-11)22-19(20)21/h1-3,8-10,12-13,15,17H,4-7,18H2/b16-9+. The van der Waals surface area contributed by atoms with Gasteiger partial charge >= 0.3 is 0 Å². The van der Waals surface area contributed by atoms with E-state index in [2.05, 4.69) is 10.9 Å². The van der Waals surface area contributed by atoms with Crippen LogP contribution in [0.3, 0.4) is 0 Å². The van der Waals surface area contributed by atoms with Gasteiger partial charge in [-0.2, -0.15) is 0 Å². The molecule has 0 heterocycles. The van der Waals surface area contributed by atoms with Crippen LogP contribution in [0.1, 0.15) is 37.2 Å². The highest BCUT2D eigenvalue weighted by Gasteiger charge is 2.51. The Morgan fingerprint density at radius 3 is 2.91 bits per heavy atom. The maximum absolute atomic E-state index is 10.6. The number of rotatable bonds is 3. The average molecular weight is 300 g/mol. The van der Waals surface area contributed by atoms with Crippen LogP contribution >= 0.6 is 0 Å². The van der Waals surface area contributed by atoms with Crippen molar-refractivity contribution in [1.29, 1.82) is 0 Å². The van der Waals surface area contributed by atoms with Crippen molar-refractivity contribution in [3.05, 3.63) is 51.7 Å². The Bertz CT molecular complexity index is 643. The number of benzene rings is 1. The van der Waals surface area contributed by atoms with Gasteiger partial charge in [-0.05, 0) is 84.7 Å². The largest absolute Gasteiger partial charge is 0.405 e. The van der Waals surface area contributed by atoms with Gasteiger partial charge in [0.25, 0.3) is 5.09 Å². The summed E-state index contributed by atoms with van der Waals surface area (Å²) < 4.78 is 0. The summed E-state index contributed by atoms with van der Waals surface area (Å²) in [4.78, 5) is 15.2. The third kappa shape index (κ3) is 2.07. The molecule has 4 saturated carbocycles. The molecule has 116 valence electrons. The molecule has 5 atom stereocenters. The molecule has 5 rings (SSSR count). The Morgan fingerprint density at radius 1 is 1.27 bits per heavy atom. The van der Waals surface area contributed by atoms with E-state index in [1.165, 1.54) is 31.3 Å². The van der Waals surface area contributed by atoms with Gasteiger partial charge in [-0.3, -0.25) is 4.84 Å². The van der Waals surface area contributed by atoms with E-state index in [0.29, 0.717) is 29.4 Å². The van der Waals surface area contributed by atoms with Crippen LogP contribution in [-0.4, -0.2) is 5.09 Å². The third-order valence-corrected chi connectivity index (χ3v) is 5.88. The van der Waals surface area contributed by atoms with Gasteiger partial charge in [0, 0.05) is 0 Å². The Hall–Kier alpha value is -2.04. The van der Waals surface area contributed by atoms with Gasteiger partial charge in [0.2, 0.25) is 0 Å². The molecule has 5 nitrogen and oxygen atoms in total. The van der Waals surface area contributed by atoms with Crippen molar-refractivity contribution in [1.82, 2.24) is 0 Å². The predicted octanol–water partition coefficient (Wildman–Crippen LogP) is 3.25. The third-order valence-electron chi connectivity index (χ3n) is 5.88. The van der Waals surface area contributed by atoms with Gasteiger partial charge in [-0.25, -0.2) is 0 Å². The number of nitrogens with two attached hydrogens (primary N) is 1. The minimum absolute atomic E-state index is 0.314. The van der Waals surface area contributed by atoms with Crippen molar-refractivity contribution in [2.45, 2.75) is 31.6 Å². The van der Waals surface area contributed by atoms with E-state index >= 15 is 0 Å². The van der Waals surface area contributed by atoms with E-state index in [0.717, 1.165) is 11.5 Å². The summed E-state index contributed by atoms with van der Waals surface area (Å²) in [7, 11) is 0. The van der Waals surface area contributed by atoms with E-state index in [-0.39, 0.29) is 0 Å². The first-order valence-corrected chi connectivity index (χ1v) is 7.99. The van der Waals surface area contributed by atoms with Crippen LogP contribution in [0, 0.1) is 33.8 Å². The minimum atomic E-state index is -0.749. The fraction of sp³-hybridized carbons (Fsp3) is 0.529. The second kappa shape index (κ2) is 5.00. The highest BCUT2D eigenvalue weighted by molar-refractivity contribution is 5.36. The molecule has 0 aromatic heterocycles. The molecule has 4 bridgehead atoms. The number of hydrogen-bond acceptors (Lipinski definition) is 4. The average Bonchev–Trinajstić information content (AvgIpc) is 2.46. The summed E-state index contributed by atoms with van der Waals surface area (Å²) in [5, 5.41) is 9.81. The molecule has 5 unspecified atom stereocenters. The summed E-state index contributed by atoms with van der Waals surface area (Å²) in [6.45, 7) is 0. The van der Waals surface area contributed by atoms with E-state index in [1.807, 2.05) is 18.3 Å². The van der Waals surface area contributed by atoms with E-state index in [1.54, 1.807) is 6.07 Å². The van der Waals surface area contributed by atoms with Gasteiger partial charge in [0.1, 0.15) is 5.75 Å². The molecular formula is C17H20N2O3. The Labute approximate surface area is 129 Å². The number of allylic oxidation sites excluding steroid dienone is 1. The molecule has 4 fully saturated rings. The van der Waals surface area contributed by atoms with Gasteiger partial charge in [-0.1, -0.05) is 12.1 Å². The molecule has 0 aliphatic heterocycles. The first-order chi connectivity index (χ1) is 10.7. The van der Waals surface area contributed by atoms with Crippen LogP contribution in [-0.2, 0) is 0 Å². The molecule has 22 heavy (non-hydrogen) atoms. The zero-order chi connectivity index (χ0) is 15.3. The van der Waals surface area contributed by atoms with Crippen LogP contribution in [0.25, 0.3) is 0 Å². The monoisotopic (exact) mass is 300 g/mol. The van der Waals surface area contributed by atoms with Crippen LogP contribution in [0.5, 0.6) is 5.75 Å². The summed E-state index contributed by atoms with van der Waals surface area (Å²) in [6, 6.07) is 7.41. The quantitative estimate of drug-likeness (QED) is 0.686. The van der Waals surface area contributed by atoms with Crippen molar-refractivity contribution < 1.29 is 9.92 Å². The molecule has 5 heteroatoms. The molecular weight excluding hydrogens is 280 g/mol. The highest BCUT2D eigenvalue weighted by atomic mass is 17.0. The molecule has 1 aromatic rings. The summed E-state index contributed by atoms with van der Waals surface area (Å²) in [5.74, 6) is 3.44. The fourth-order valence-corrected chi connectivity index (χ4v) is 5.35. The molecule has 0 saturated heterocycles. The van der Waals surface area contributed by atoms with Crippen LogP contribution in [0.4, 0.5) is 0 Å². The zero-order valence-corrected chi connectivity index (χ0v) is 12.4. The lowest BCUT2D eigenvalue weighted by atomic mass is 9.49. The predicted molar refractivity (Wildman–Crippen MR) is 81.5 cm³/mol. The van der Waals surface area contributed by atoms with Crippen LogP contribution in [0.2, 0.25) is 0 Å². The molecule has 0 radical (unpaired) electrons. The van der Waals surface area contributed by atoms with E-state index in [4.69, 9.17) is 5.73 Å². The van der Waals surface area contributed by atoms with Gasteiger partial charge < -0.3 is 5.73 Å². The van der Waals surface area contributed by atoms with Gasteiger partial charge in [-0.15, -0.1) is 10.1 Å². The first-order valence-electron chi connectivity index (χ1n) is 7.99. The number of hydrogen-bond donors (Lipinski definition) is 1. The first kappa shape index (κ1) is 13.6. The highest BCUT2D eigenvalue weighted by Crippen LogP contribution is 2.61. The maximum Gasteiger partial charge on any atom is 0.299 e. The summed E-state index contributed by atoms with van der Waals surface area (Å²) in [6.07, 6.45) is 6.84. The molecule has 2 N–H and O–H groups in total. The smallest absolute Gasteiger partial charge is 0.299 e. The number of nitrogens with zero attached hydrogens (tertiary/aromatic N) is 1. The van der Waals surface area contributed by atoms with Crippen molar-refractivity contribution in [2.75, 3.05) is 0 Å². The van der Waals surface area contributed by atoms with Crippen molar-refractivity contribution in [3.63, 3.8) is 0 Å². The van der Waals surface area contributed by atoms with Crippen molar-refractivity contribution in [3.8, 4) is 5.75 Å². The van der Waals surface area contributed by atoms with E-state index in [9.17, 15) is 10.1 Å². The Kier molecular flexibility index (Phi) is 3.10. The second-order valence-electron chi connectivity index (χ2n) is 6.95. The van der Waals surface area contributed by atoms with Gasteiger partial charge in [0.05, 0.1) is 0 Å². The second-order valence-corrected chi connectivity index (χ2v) is 6.95. The fourth-order valence-electron chi connectivity index (χ4n) is 5.35. The lowest BCUT2D eigenvalue weighted by molar-refractivity contribution is -0.711. The molecule has 4 aliphatic rings. The summed E-state index contributed by atoms with van der Waals surface area (Å²) >= 11 is 0. The van der Waals surface area contributed by atoms with Crippen LogP contribution < -0.4 is 10.6 Å². The molecule has 0 spiro atoms. The topological polar surface area (TPSA) is 78.4 Å². The lowest BCUT2D eigenvalue weighted by Gasteiger charge is -2.56. The molecule has 0 amide bonds. The van der Waals surface area contributed by atoms with Gasteiger partial charge in [0.15, 0.2) is 0 Å². The molecule has 4 aliphatic carbocycles. The van der Waals surface area contributed by atoms with Crippen LogP contribution in [0.15, 0.2) is 36.0 Å². The normalized spacial score (nSPS) is 37.5. The van der Waals surface area contributed by atoms with Crippen molar-refractivity contribution in [2.24, 2.45) is 29.4 Å². The zero-order valence-electron chi connectivity index (χ0n) is 12.4. The van der Waals surface area contributed by atoms with E-state index < -0.39 is 5.09 Å².